The smallest absolute Gasteiger partial charge is 0.277 e. The Morgan fingerprint density at radius 2 is 1.71 bits per heavy atom. The fourth-order valence-electron chi connectivity index (χ4n) is 1.82. The molecule has 5 heteroatoms. The van der Waals surface area contributed by atoms with Crippen LogP contribution in [0.3, 0.4) is 0 Å². The van der Waals surface area contributed by atoms with Crippen molar-refractivity contribution in [2.75, 3.05) is 6.54 Å². The van der Waals surface area contributed by atoms with Gasteiger partial charge in [-0.3, -0.25) is 19.8 Å². The molecule has 0 atom stereocenters. The number of imide groups is 2. The molecule has 0 aromatic carbocycles. The summed E-state index contributed by atoms with van der Waals surface area (Å²) in [5.74, 6) is -0.639. The number of carbonyl (C=O) groups is 3. The van der Waals surface area contributed by atoms with Gasteiger partial charge in [0.15, 0.2) is 0 Å². The number of nitrogens with one attached hydrogen (secondary N) is 1. The fraction of sp³-hybridized carbons (Fsp3) is 0.750. The van der Waals surface area contributed by atoms with Crippen LogP contribution in [0.15, 0.2) is 0 Å². The Labute approximate surface area is 102 Å². The molecular formula is C12H20N2O3. The van der Waals surface area contributed by atoms with Gasteiger partial charge >= 0.3 is 6.03 Å². The summed E-state index contributed by atoms with van der Waals surface area (Å²) in [6, 6.07) is -0.591. The van der Waals surface area contributed by atoms with Crippen LogP contribution < -0.4 is 5.32 Å². The van der Waals surface area contributed by atoms with Crippen molar-refractivity contribution < 1.29 is 14.4 Å². The molecule has 0 aromatic heterocycles. The summed E-state index contributed by atoms with van der Waals surface area (Å²) in [5, 5.41) is 2.23. The molecule has 0 unspecified atom stereocenters. The summed E-state index contributed by atoms with van der Waals surface area (Å²) in [6.07, 6.45) is 1.81. The van der Waals surface area contributed by atoms with E-state index in [9.17, 15) is 14.4 Å². The second-order valence-electron chi connectivity index (χ2n) is 4.98. The Balaban J connectivity index is 2.88. The minimum Gasteiger partial charge on any atom is -0.277 e. The lowest BCUT2D eigenvalue weighted by molar-refractivity contribution is -0.149. The molecule has 1 rings (SSSR count). The van der Waals surface area contributed by atoms with E-state index in [1.165, 1.54) is 18.7 Å². The van der Waals surface area contributed by atoms with Gasteiger partial charge in [0.1, 0.15) is 5.41 Å². The second-order valence-corrected chi connectivity index (χ2v) is 4.98. The molecule has 96 valence electrons. The van der Waals surface area contributed by atoms with Gasteiger partial charge in [-0.25, -0.2) is 4.79 Å². The maximum Gasteiger partial charge on any atom is 0.330 e. The topological polar surface area (TPSA) is 66.5 Å². The van der Waals surface area contributed by atoms with Gasteiger partial charge in [0.25, 0.3) is 0 Å². The summed E-state index contributed by atoms with van der Waals surface area (Å²) in [5.41, 5.74) is -1.15. The van der Waals surface area contributed by atoms with Crippen molar-refractivity contribution in [1.82, 2.24) is 10.2 Å². The van der Waals surface area contributed by atoms with Gasteiger partial charge in [0.05, 0.1) is 0 Å². The zero-order chi connectivity index (χ0) is 13.2. The first-order valence-electron chi connectivity index (χ1n) is 6.01. The van der Waals surface area contributed by atoms with Gasteiger partial charge in [0.2, 0.25) is 11.8 Å². The molecule has 0 aliphatic carbocycles. The van der Waals surface area contributed by atoms with Gasteiger partial charge < -0.3 is 0 Å². The monoisotopic (exact) mass is 240 g/mol. The molecule has 1 aliphatic rings. The number of rotatable bonds is 4. The molecule has 0 saturated carbocycles. The van der Waals surface area contributed by atoms with E-state index in [2.05, 4.69) is 5.32 Å². The molecule has 0 spiro atoms. The third kappa shape index (κ3) is 2.48. The predicted molar refractivity (Wildman–Crippen MR) is 63.1 cm³/mol. The summed E-state index contributed by atoms with van der Waals surface area (Å²) in [7, 11) is 0. The zero-order valence-corrected chi connectivity index (χ0v) is 10.9. The molecule has 17 heavy (non-hydrogen) atoms. The standard InChI is InChI=1S/C12H20N2O3/c1-5-8(6-2)7-14-10(16)12(3,4)9(15)13-11(14)17/h8H,5-7H2,1-4H3,(H,13,15,17). The van der Waals surface area contributed by atoms with Crippen LogP contribution in [0.25, 0.3) is 0 Å². The number of urea groups is 1. The molecule has 1 heterocycles. The SMILES string of the molecule is CCC(CC)CN1C(=O)NC(=O)C(C)(C)C1=O. The number of nitrogens with zero attached hydrogens (tertiary/aromatic N) is 1. The number of amides is 4. The highest BCUT2D eigenvalue weighted by Gasteiger charge is 2.47. The molecule has 0 bridgehead atoms. The fourth-order valence-corrected chi connectivity index (χ4v) is 1.82. The summed E-state index contributed by atoms with van der Waals surface area (Å²) in [6.45, 7) is 7.51. The summed E-state index contributed by atoms with van der Waals surface area (Å²) >= 11 is 0. The van der Waals surface area contributed by atoms with Gasteiger partial charge in [-0.05, 0) is 19.8 Å². The third-order valence-corrected chi connectivity index (χ3v) is 3.41. The molecule has 0 radical (unpaired) electrons. The predicted octanol–water partition coefficient (Wildman–Crippen LogP) is 1.53. The first kappa shape index (κ1) is 13.7. The van der Waals surface area contributed by atoms with Crippen LogP contribution in [0.1, 0.15) is 40.5 Å². The molecule has 4 amide bonds. The van der Waals surface area contributed by atoms with Crippen LogP contribution in [0, 0.1) is 11.3 Å². The van der Waals surface area contributed by atoms with Crippen LogP contribution in [0.4, 0.5) is 4.79 Å². The Morgan fingerprint density at radius 1 is 1.18 bits per heavy atom. The van der Waals surface area contributed by atoms with E-state index >= 15 is 0 Å². The van der Waals surface area contributed by atoms with Gasteiger partial charge in [-0.15, -0.1) is 0 Å². The van der Waals surface area contributed by atoms with Crippen LogP contribution in [-0.4, -0.2) is 29.3 Å². The Kier molecular flexibility index (Phi) is 3.91. The van der Waals surface area contributed by atoms with Gasteiger partial charge in [-0.2, -0.15) is 0 Å². The third-order valence-electron chi connectivity index (χ3n) is 3.41. The first-order valence-corrected chi connectivity index (χ1v) is 6.01. The van der Waals surface area contributed by atoms with Crippen molar-refractivity contribution in [3.05, 3.63) is 0 Å². The molecule has 1 N–H and O–H groups in total. The summed E-state index contributed by atoms with van der Waals surface area (Å²) < 4.78 is 0. The number of hydrogen-bond donors (Lipinski definition) is 1. The van der Waals surface area contributed by atoms with Crippen molar-refractivity contribution in [2.45, 2.75) is 40.5 Å². The van der Waals surface area contributed by atoms with E-state index < -0.39 is 23.3 Å². The Hall–Kier alpha value is -1.39. The lowest BCUT2D eigenvalue weighted by atomic mass is 9.88. The van der Waals surface area contributed by atoms with E-state index in [1.807, 2.05) is 13.8 Å². The lowest BCUT2D eigenvalue weighted by Crippen LogP contribution is -2.62. The van der Waals surface area contributed by atoms with Crippen LogP contribution in [-0.2, 0) is 9.59 Å². The molecular weight excluding hydrogens is 220 g/mol. The van der Waals surface area contributed by atoms with Crippen molar-refractivity contribution in [3.8, 4) is 0 Å². The Bertz CT molecular complexity index is 346. The maximum atomic E-state index is 12.1. The Morgan fingerprint density at radius 3 is 2.18 bits per heavy atom. The largest absolute Gasteiger partial charge is 0.330 e. The molecule has 5 nitrogen and oxygen atoms in total. The summed E-state index contributed by atoms with van der Waals surface area (Å²) in [4.78, 5) is 36.4. The minimum atomic E-state index is -1.15. The minimum absolute atomic E-state index is 0.286. The molecule has 1 saturated heterocycles. The van der Waals surface area contributed by atoms with Crippen molar-refractivity contribution in [1.29, 1.82) is 0 Å². The van der Waals surface area contributed by atoms with Crippen molar-refractivity contribution in [3.63, 3.8) is 0 Å². The van der Waals surface area contributed by atoms with Crippen LogP contribution in [0.5, 0.6) is 0 Å². The highest BCUT2D eigenvalue weighted by Crippen LogP contribution is 2.24. The average molecular weight is 240 g/mol. The second kappa shape index (κ2) is 4.85. The lowest BCUT2D eigenvalue weighted by Gasteiger charge is -2.36. The van der Waals surface area contributed by atoms with Crippen molar-refractivity contribution >= 4 is 17.8 Å². The van der Waals surface area contributed by atoms with Crippen LogP contribution >= 0.6 is 0 Å². The first-order chi connectivity index (χ1) is 7.84. The van der Waals surface area contributed by atoms with E-state index in [0.717, 1.165) is 12.8 Å². The van der Waals surface area contributed by atoms with Crippen LogP contribution in [0.2, 0.25) is 0 Å². The number of barbiturate groups is 1. The highest BCUT2D eigenvalue weighted by molar-refractivity contribution is 6.18. The van der Waals surface area contributed by atoms with Crippen molar-refractivity contribution in [2.24, 2.45) is 11.3 Å². The van der Waals surface area contributed by atoms with E-state index in [-0.39, 0.29) is 5.92 Å². The quantitative estimate of drug-likeness (QED) is 0.758. The highest BCUT2D eigenvalue weighted by atomic mass is 16.2. The average Bonchev–Trinajstić information content (AvgIpc) is 2.28. The number of carbonyl (C=O) groups excluding carboxylic acids is 3. The maximum absolute atomic E-state index is 12.1. The van der Waals surface area contributed by atoms with E-state index in [0.29, 0.717) is 6.54 Å². The van der Waals surface area contributed by atoms with E-state index in [1.54, 1.807) is 0 Å². The zero-order valence-electron chi connectivity index (χ0n) is 10.9. The number of hydrogen-bond acceptors (Lipinski definition) is 3. The molecule has 1 fully saturated rings. The normalized spacial score (nSPS) is 19.8. The van der Waals surface area contributed by atoms with E-state index in [4.69, 9.17) is 0 Å². The molecule has 0 aromatic rings. The molecule has 1 aliphatic heterocycles. The van der Waals surface area contributed by atoms with Gasteiger partial charge in [-0.1, -0.05) is 26.7 Å². The van der Waals surface area contributed by atoms with Gasteiger partial charge in [0, 0.05) is 6.54 Å².